The highest BCUT2D eigenvalue weighted by atomic mass is 32.1. The van der Waals surface area contributed by atoms with E-state index in [1.54, 1.807) is 0 Å². The van der Waals surface area contributed by atoms with Gasteiger partial charge < -0.3 is 9.47 Å². The quantitative estimate of drug-likeness (QED) is 0.170. The maximum absolute atomic E-state index is 9.97. The van der Waals surface area contributed by atoms with E-state index in [0.29, 0.717) is 35.3 Å². The molecule has 0 atom stereocenters. The molecule has 0 aliphatic heterocycles. The van der Waals surface area contributed by atoms with E-state index in [2.05, 4.69) is 37.3 Å². The van der Waals surface area contributed by atoms with Crippen molar-refractivity contribution in [2.75, 3.05) is 0 Å². The number of benzene rings is 4. The van der Waals surface area contributed by atoms with Crippen molar-refractivity contribution in [3.05, 3.63) is 136 Å². The fourth-order valence-electron chi connectivity index (χ4n) is 4.07. The first-order valence-corrected chi connectivity index (χ1v) is 13.7. The van der Waals surface area contributed by atoms with Gasteiger partial charge in [-0.25, -0.2) is 4.98 Å². The molecule has 0 unspecified atom stereocenters. The van der Waals surface area contributed by atoms with Crippen LogP contribution in [0.1, 0.15) is 34.2 Å². The summed E-state index contributed by atoms with van der Waals surface area (Å²) in [4.78, 5) is 4.75. The maximum atomic E-state index is 9.97. The summed E-state index contributed by atoms with van der Waals surface area (Å²) in [5, 5.41) is 12.6. The molecule has 1 aromatic heterocycles. The summed E-state index contributed by atoms with van der Waals surface area (Å²) in [6.45, 7) is 2.98. The third-order valence-electron chi connectivity index (χ3n) is 6.27. The van der Waals surface area contributed by atoms with Gasteiger partial charge in [0.25, 0.3) is 0 Å². The molecule has 4 nitrogen and oxygen atoms in total. The van der Waals surface area contributed by atoms with Crippen molar-refractivity contribution in [3.63, 3.8) is 0 Å². The Morgan fingerprint density at radius 3 is 2.05 bits per heavy atom. The van der Waals surface area contributed by atoms with E-state index in [4.69, 9.17) is 14.5 Å². The molecule has 0 amide bonds. The zero-order chi connectivity index (χ0) is 26.9. The van der Waals surface area contributed by atoms with E-state index in [-0.39, 0.29) is 0 Å². The van der Waals surface area contributed by atoms with Gasteiger partial charge in [0.1, 0.15) is 24.3 Å². The van der Waals surface area contributed by atoms with Gasteiger partial charge in [-0.3, -0.25) is 0 Å². The summed E-state index contributed by atoms with van der Waals surface area (Å²) in [6, 6.07) is 36.5. The minimum atomic E-state index is 0.410. The Balaban J connectivity index is 1.40. The van der Waals surface area contributed by atoms with E-state index in [9.17, 15) is 5.26 Å². The molecule has 0 spiro atoms. The number of allylic oxidation sites excluding steroid dienone is 1. The van der Waals surface area contributed by atoms with Gasteiger partial charge in [0.15, 0.2) is 11.5 Å². The standard InChI is InChI=1S/C34H28N2O2S/c1-2-25-13-16-29(17-14-25)31-24-39-34(36-31)30(21-35)19-28-15-18-32(37-22-26-9-5-3-6-10-26)33(20-28)38-23-27-11-7-4-8-12-27/h3-20,24H,2,22-23H2,1H3/b30-19-. The lowest BCUT2D eigenvalue weighted by Gasteiger charge is -2.14. The highest BCUT2D eigenvalue weighted by Gasteiger charge is 2.12. The minimum Gasteiger partial charge on any atom is -0.485 e. The average molecular weight is 529 g/mol. The van der Waals surface area contributed by atoms with Crippen LogP contribution in [-0.2, 0) is 19.6 Å². The van der Waals surface area contributed by atoms with Crippen molar-refractivity contribution in [2.45, 2.75) is 26.6 Å². The molecule has 0 saturated heterocycles. The molecule has 0 aliphatic carbocycles. The third kappa shape index (κ3) is 6.81. The Kier molecular flexibility index (Phi) is 8.48. The average Bonchev–Trinajstić information content (AvgIpc) is 3.49. The van der Waals surface area contributed by atoms with Gasteiger partial charge in [-0.05, 0) is 46.9 Å². The lowest BCUT2D eigenvalue weighted by molar-refractivity contribution is 0.256. The molecule has 0 radical (unpaired) electrons. The number of nitriles is 1. The van der Waals surface area contributed by atoms with Crippen LogP contribution in [0, 0.1) is 11.3 Å². The molecule has 0 bridgehead atoms. The van der Waals surface area contributed by atoms with Crippen molar-refractivity contribution in [2.24, 2.45) is 0 Å². The Morgan fingerprint density at radius 1 is 0.795 bits per heavy atom. The van der Waals surface area contributed by atoms with E-state index in [0.717, 1.165) is 34.4 Å². The molecule has 39 heavy (non-hydrogen) atoms. The topological polar surface area (TPSA) is 55.1 Å². The molecule has 0 saturated carbocycles. The van der Waals surface area contributed by atoms with Crippen molar-refractivity contribution in [1.82, 2.24) is 4.98 Å². The van der Waals surface area contributed by atoms with Gasteiger partial charge in [0, 0.05) is 10.9 Å². The molecule has 0 N–H and O–H groups in total. The predicted molar refractivity (Wildman–Crippen MR) is 158 cm³/mol. The monoisotopic (exact) mass is 528 g/mol. The first kappa shape index (κ1) is 26.0. The van der Waals surface area contributed by atoms with E-state index in [1.165, 1.54) is 16.9 Å². The number of rotatable bonds is 10. The molecular weight excluding hydrogens is 500 g/mol. The summed E-state index contributed by atoms with van der Waals surface area (Å²) >= 11 is 1.47. The number of aryl methyl sites for hydroxylation is 1. The first-order valence-electron chi connectivity index (χ1n) is 12.9. The second-order valence-corrected chi connectivity index (χ2v) is 9.87. The van der Waals surface area contributed by atoms with Gasteiger partial charge in [0.05, 0.1) is 11.3 Å². The second kappa shape index (κ2) is 12.7. The molecule has 4 aromatic carbocycles. The van der Waals surface area contributed by atoms with Crippen LogP contribution in [0.5, 0.6) is 11.5 Å². The number of hydrogen-bond acceptors (Lipinski definition) is 5. The Bertz CT molecular complexity index is 1580. The van der Waals surface area contributed by atoms with Gasteiger partial charge in [0.2, 0.25) is 0 Å². The number of thiazole rings is 1. The molecule has 0 aliphatic rings. The van der Waals surface area contributed by atoms with Crippen LogP contribution in [0.4, 0.5) is 0 Å². The molecule has 5 heteroatoms. The van der Waals surface area contributed by atoms with Crippen molar-refractivity contribution in [3.8, 4) is 28.8 Å². The van der Waals surface area contributed by atoms with Gasteiger partial charge >= 0.3 is 0 Å². The minimum absolute atomic E-state index is 0.410. The van der Waals surface area contributed by atoms with Crippen LogP contribution >= 0.6 is 11.3 Å². The molecule has 192 valence electrons. The number of aromatic nitrogens is 1. The Hall–Kier alpha value is -4.66. The smallest absolute Gasteiger partial charge is 0.162 e. The fourth-order valence-corrected chi connectivity index (χ4v) is 4.86. The highest BCUT2D eigenvalue weighted by molar-refractivity contribution is 7.11. The molecule has 1 heterocycles. The van der Waals surface area contributed by atoms with Crippen LogP contribution in [-0.4, -0.2) is 4.98 Å². The summed E-state index contributed by atoms with van der Waals surface area (Å²) in [5.41, 5.74) is 6.68. The molecule has 5 aromatic rings. The SMILES string of the molecule is CCc1ccc(-c2csc(/C(C#N)=C\c3ccc(OCc4ccccc4)c(OCc4ccccc4)c3)n2)cc1. The van der Waals surface area contributed by atoms with Gasteiger partial charge in [-0.1, -0.05) is 97.9 Å². The lowest BCUT2D eigenvalue weighted by Crippen LogP contribution is -2.01. The lowest BCUT2D eigenvalue weighted by atomic mass is 10.1. The first-order chi connectivity index (χ1) is 19.2. The van der Waals surface area contributed by atoms with Crippen LogP contribution in [0.25, 0.3) is 22.9 Å². The third-order valence-corrected chi connectivity index (χ3v) is 7.14. The summed E-state index contributed by atoms with van der Waals surface area (Å²) < 4.78 is 12.3. The summed E-state index contributed by atoms with van der Waals surface area (Å²) in [7, 11) is 0. The molecular formula is C34H28N2O2S. The number of nitrogens with zero attached hydrogens (tertiary/aromatic N) is 2. The zero-order valence-electron chi connectivity index (χ0n) is 21.7. The van der Waals surface area contributed by atoms with E-state index < -0.39 is 0 Å². The molecule has 0 fully saturated rings. The fraction of sp³-hybridized carbons (Fsp3) is 0.118. The summed E-state index contributed by atoms with van der Waals surface area (Å²) in [6.07, 6.45) is 2.84. The maximum Gasteiger partial charge on any atom is 0.162 e. The van der Waals surface area contributed by atoms with Crippen molar-refractivity contribution < 1.29 is 9.47 Å². The normalized spacial score (nSPS) is 11.1. The van der Waals surface area contributed by atoms with E-state index in [1.807, 2.05) is 90.3 Å². The zero-order valence-corrected chi connectivity index (χ0v) is 22.5. The van der Waals surface area contributed by atoms with Crippen LogP contribution in [0.15, 0.2) is 109 Å². The number of hydrogen-bond donors (Lipinski definition) is 0. The van der Waals surface area contributed by atoms with Gasteiger partial charge in [-0.15, -0.1) is 11.3 Å². The molecule has 5 rings (SSSR count). The van der Waals surface area contributed by atoms with Crippen LogP contribution in [0.3, 0.4) is 0 Å². The Morgan fingerprint density at radius 2 is 1.44 bits per heavy atom. The second-order valence-electron chi connectivity index (χ2n) is 9.01. The van der Waals surface area contributed by atoms with Crippen LogP contribution < -0.4 is 9.47 Å². The highest BCUT2D eigenvalue weighted by Crippen LogP contribution is 2.33. The largest absolute Gasteiger partial charge is 0.485 e. The van der Waals surface area contributed by atoms with Gasteiger partial charge in [-0.2, -0.15) is 5.26 Å². The van der Waals surface area contributed by atoms with E-state index >= 15 is 0 Å². The Labute approximate surface area is 233 Å². The van der Waals surface area contributed by atoms with Crippen molar-refractivity contribution >= 4 is 23.0 Å². The number of ether oxygens (including phenoxy) is 2. The summed E-state index contributed by atoms with van der Waals surface area (Å²) in [5.74, 6) is 1.27. The van der Waals surface area contributed by atoms with Crippen LogP contribution in [0.2, 0.25) is 0 Å². The van der Waals surface area contributed by atoms with Crippen molar-refractivity contribution in [1.29, 1.82) is 5.26 Å². The predicted octanol–water partition coefficient (Wildman–Crippen LogP) is 8.59.